The van der Waals surface area contributed by atoms with Crippen molar-refractivity contribution in [3.63, 3.8) is 0 Å². The van der Waals surface area contributed by atoms with Gasteiger partial charge in [-0.1, -0.05) is 0 Å². The van der Waals surface area contributed by atoms with Crippen LogP contribution in [0.3, 0.4) is 0 Å². The van der Waals surface area contributed by atoms with Crippen molar-refractivity contribution < 1.29 is 9.90 Å². The Bertz CT molecular complexity index is 543. The summed E-state index contributed by atoms with van der Waals surface area (Å²) in [5, 5.41) is 15.2. The molecule has 1 N–H and O–H groups in total. The molecule has 1 fully saturated rings. The Morgan fingerprint density at radius 2 is 2.28 bits per heavy atom. The van der Waals surface area contributed by atoms with Gasteiger partial charge in [0.05, 0.1) is 0 Å². The number of thiophene rings is 2. The minimum absolute atomic E-state index is 0.418. The average molecular weight is 279 g/mol. The zero-order valence-electron chi connectivity index (χ0n) is 9.70. The van der Waals surface area contributed by atoms with Crippen molar-refractivity contribution in [2.45, 2.75) is 25.4 Å². The number of hydrogen-bond acceptors (Lipinski definition) is 4. The van der Waals surface area contributed by atoms with Gasteiger partial charge >= 0.3 is 5.97 Å². The predicted octanol–water partition coefficient (Wildman–Crippen LogP) is 3.68. The summed E-state index contributed by atoms with van der Waals surface area (Å²) in [5.74, 6) is -0.836. The molecule has 0 aliphatic heterocycles. The monoisotopic (exact) mass is 279 g/mol. The molecule has 0 aromatic carbocycles. The molecule has 0 amide bonds. The van der Waals surface area contributed by atoms with Gasteiger partial charge < -0.3 is 10.0 Å². The maximum absolute atomic E-state index is 10.9. The number of carbonyl (C=O) groups is 1. The second-order valence-electron chi connectivity index (χ2n) is 4.46. The number of carboxylic acids is 1. The molecule has 1 saturated carbocycles. The molecule has 0 saturated heterocycles. The molecule has 1 aliphatic rings. The molecule has 2 aromatic rings. The lowest BCUT2D eigenvalue weighted by Crippen LogP contribution is -2.24. The lowest BCUT2D eigenvalue weighted by Gasteiger charge is -2.22. The minimum atomic E-state index is -0.836. The topological polar surface area (TPSA) is 40.5 Å². The van der Waals surface area contributed by atoms with E-state index in [4.69, 9.17) is 5.11 Å². The summed E-state index contributed by atoms with van der Waals surface area (Å²) in [6.45, 7) is 0.879. The first kappa shape index (κ1) is 11.7. The van der Waals surface area contributed by atoms with E-state index in [1.165, 1.54) is 29.7 Å². The third-order valence-corrected chi connectivity index (χ3v) is 4.69. The quantitative estimate of drug-likeness (QED) is 0.907. The van der Waals surface area contributed by atoms with Crippen LogP contribution < -0.4 is 4.90 Å². The van der Waals surface area contributed by atoms with Crippen molar-refractivity contribution in [3.8, 4) is 0 Å². The summed E-state index contributed by atoms with van der Waals surface area (Å²) >= 11 is 3.01. The fraction of sp³-hybridized carbons (Fsp3) is 0.308. The fourth-order valence-electron chi connectivity index (χ4n) is 1.99. The van der Waals surface area contributed by atoms with Crippen LogP contribution in [0.25, 0.3) is 0 Å². The zero-order valence-corrected chi connectivity index (χ0v) is 11.3. The van der Waals surface area contributed by atoms with Gasteiger partial charge in [-0.25, -0.2) is 4.79 Å². The van der Waals surface area contributed by atoms with Gasteiger partial charge in [0.25, 0.3) is 0 Å². The number of aromatic carboxylic acids is 1. The van der Waals surface area contributed by atoms with Crippen LogP contribution in [0.15, 0.2) is 28.3 Å². The molecule has 0 atom stereocenters. The number of anilines is 1. The Morgan fingerprint density at radius 3 is 2.83 bits per heavy atom. The Balaban J connectivity index is 1.82. The smallest absolute Gasteiger partial charge is 0.345 e. The second-order valence-corrected chi connectivity index (χ2v) is 6.16. The molecule has 1 aliphatic carbocycles. The van der Waals surface area contributed by atoms with E-state index in [1.54, 1.807) is 17.4 Å². The Labute approximate surface area is 113 Å². The van der Waals surface area contributed by atoms with Crippen molar-refractivity contribution in [2.24, 2.45) is 0 Å². The van der Waals surface area contributed by atoms with Gasteiger partial charge in [0.1, 0.15) is 4.88 Å². The van der Waals surface area contributed by atoms with Crippen LogP contribution in [-0.2, 0) is 6.54 Å². The molecule has 0 radical (unpaired) electrons. The number of carboxylic acid groups (broad SMARTS) is 1. The summed E-state index contributed by atoms with van der Waals surface area (Å²) < 4.78 is 0. The Kier molecular flexibility index (Phi) is 3.09. The number of rotatable bonds is 5. The van der Waals surface area contributed by atoms with Gasteiger partial charge in [-0.05, 0) is 41.3 Å². The van der Waals surface area contributed by atoms with Gasteiger partial charge in [-0.15, -0.1) is 11.3 Å². The third-order valence-electron chi connectivity index (χ3n) is 3.05. The summed E-state index contributed by atoms with van der Waals surface area (Å²) in [6.07, 6.45) is 2.42. The standard InChI is InChI=1S/C13H13NO2S2/c15-13(16)12-5-11(8-18-12)14(10-1-2-10)6-9-3-4-17-7-9/h3-5,7-8,10H,1-2,6H2,(H,15,16). The molecule has 5 heteroatoms. The van der Waals surface area contributed by atoms with E-state index in [2.05, 4.69) is 21.7 Å². The molecular weight excluding hydrogens is 266 g/mol. The van der Waals surface area contributed by atoms with Crippen molar-refractivity contribution in [1.82, 2.24) is 0 Å². The summed E-state index contributed by atoms with van der Waals surface area (Å²) in [6, 6.07) is 4.50. The molecular formula is C13H13NO2S2. The summed E-state index contributed by atoms with van der Waals surface area (Å²) in [5.41, 5.74) is 2.35. The maximum atomic E-state index is 10.9. The SMILES string of the molecule is O=C(O)c1cc(N(Cc2ccsc2)C2CC2)cs1. The van der Waals surface area contributed by atoms with E-state index in [-0.39, 0.29) is 0 Å². The maximum Gasteiger partial charge on any atom is 0.345 e. The van der Waals surface area contributed by atoms with Crippen molar-refractivity contribution in [2.75, 3.05) is 4.90 Å². The Morgan fingerprint density at radius 1 is 1.44 bits per heavy atom. The second kappa shape index (κ2) is 4.74. The molecule has 0 bridgehead atoms. The summed E-state index contributed by atoms with van der Waals surface area (Å²) in [7, 11) is 0. The first-order valence-electron chi connectivity index (χ1n) is 5.83. The van der Waals surface area contributed by atoms with Crippen LogP contribution in [-0.4, -0.2) is 17.1 Å². The molecule has 3 nitrogen and oxygen atoms in total. The van der Waals surface area contributed by atoms with Gasteiger partial charge in [-0.2, -0.15) is 11.3 Å². The molecule has 2 heterocycles. The van der Waals surface area contributed by atoms with E-state index in [0.29, 0.717) is 10.9 Å². The van der Waals surface area contributed by atoms with E-state index < -0.39 is 5.97 Å². The van der Waals surface area contributed by atoms with Gasteiger partial charge in [0, 0.05) is 23.7 Å². The van der Waals surface area contributed by atoms with Crippen LogP contribution in [0.4, 0.5) is 5.69 Å². The predicted molar refractivity (Wildman–Crippen MR) is 74.8 cm³/mol. The highest BCUT2D eigenvalue weighted by atomic mass is 32.1. The summed E-state index contributed by atoms with van der Waals surface area (Å²) in [4.78, 5) is 13.7. The van der Waals surface area contributed by atoms with Crippen molar-refractivity contribution in [3.05, 3.63) is 38.7 Å². The largest absolute Gasteiger partial charge is 0.477 e. The fourth-order valence-corrected chi connectivity index (χ4v) is 3.39. The first-order valence-corrected chi connectivity index (χ1v) is 7.66. The average Bonchev–Trinajstić information content (AvgIpc) is 2.88. The minimum Gasteiger partial charge on any atom is -0.477 e. The zero-order chi connectivity index (χ0) is 12.5. The van der Waals surface area contributed by atoms with E-state index in [9.17, 15) is 4.79 Å². The Hall–Kier alpha value is -1.33. The molecule has 0 unspecified atom stereocenters. The molecule has 0 spiro atoms. The molecule has 94 valence electrons. The normalized spacial score (nSPS) is 14.7. The van der Waals surface area contributed by atoms with Gasteiger partial charge in [-0.3, -0.25) is 0 Å². The third kappa shape index (κ3) is 2.42. The van der Waals surface area contributed by atoms with E-state index >= 15 is 0 Å². The molecule has 3 rings (SSSR count). The molecule has 2 aromatic heterocycles. The highest BCUT2D eigenvalue weighted by Crippen LogP contribution is 2.35. The molecule has 18 heavy (non-hydrogen) atoms. The highest BCUT2D eigenvalue weighted by molar-refractivity contribution is 7.12. The number of hydrogen-bond donors (Lipinski definition) is 1. The van der Waals surface area contributed by atoms with Gasteiger partial charge in [0.15, 0.2) is 0 Å². The van der Waals surface area contributed by atoms with Crippen LogP contribution in [0.2, 0.25) is 0 Å². The van der Waals surface area contributed by atoms with Crippen LogP contribution in [0.1, 0.15) is 28.1 Å². The van der Waals surface area contributed by atoms with Crippen molar-refractivity contribution >= 4 is 34.3 Å². The van der Waals surface area contributed by atoms with Gasteiger partial charge in [0.2, 0.25) is 0 Å². The van der Waals surface area contributed by atoms with E-state index in [1.807, 2.05) is 5.38 Å². The van der Waals surface area contributed by atoms with Crippen LogP contribution in [0.5, 0.6) is 0 Å². The highest BCUT2D eigenvalue weighted by Gasteiger charge is 2.30. The first-order chi connectivity index (χ1) is 8.74. The lowest BCUT2D eigenvalue weighted by molar-refractivity contribution is 0.0702. The van der Waals surface area contributed by atoms with Crippen molar-refractivity contribution in [1.29, 1.82) is 0 Å². The number of nitrogens with zero attached hydrogens (tertiary/aromatic N) is 1. The van der Waals surface area contributed by atoms with Crippen LogP contribution in [0, 0.1) is 0 Å². The van der Waals surface area contributed by atoms with Crippen LogP contribution >= 0.6 is 22.7 Å². The van der Waals surface area contributed by atoms with E-state index in [0.717, 1.165) is 12.2 Å². The lowest BCUT2D eigenvalue weighted by atomic mass is 10.3.